The van der Waals surface area contributed by atoms with Gasteiger partial charge >= 0.3 is 0 Å². The van der Waals surface area contributed by atoms with Crippen molar-refractivity contribution < 1.29 is 13.2 Å². The molecular formula is C20H21F2IN4O. The molecule has 5 nitrogen and oxygen atoms in total. The van der Waals surface area contributed by atoms with Gasteiger partial charge in [-0.3, -0.25) is 4.99 Å². The molecule has 1 aromatic heterocycles. The van der Waals surface area contributed by atoms with Crippen LogP contribution >= 0.6 is 24.0 Å². The van der Waals surface area contributed by atoms with E-state index < -0.39 is 0 Å². The summed E-state index contributed by atoms with van der Waals surface area (Å²) >= 11 is 0. The number of rotatable bonds is 6. The van der Waals surface area contributed by atoms with E-state index in [9.17, 15) is 8.78 Å². The molecule has 0 unspecified atom stereocenters. The van der Waals surface area contributed by atoms with E-state index in [4.69, 9.17) is 4.42 Å². The van der Waals surface area contributed by atoms with E-state index in [1.165, 1.54) is 24.3 Å². The van der Waals surface area contributed by atoms with Crippen molar-refractivity contribution in [3.63, 3.8) is 0 Å². The summed E-state index contributed by atoms with van der Waals surface area (Å²) in [6, 6.07) is 12.4. The van der Waals surface area contributed by atoms with Crippen LogP contribution in [0.25, 0.3) is 11.5 Å². The largest absolute Gasteiger partial charge is 0.444 e. The average Bonchev–Trinajstić information content (AvgIpc) is 3.14. The van der Waals surface area contributed by atoms with Gasteiger partial charge in [0.2, 0.25) is 5.89 Å². The van der Waals surface area contributed by atoms with Gasteiger partial charge in [-0.1, -0.05) is 12.1 Å². The van der Waals surface area contributed by atoms with Gasteiger partial charge in [0, 0.05) is 32.1 Å². The van der Waals surface area contributed by atoms with E-state index >= 15 is 0 Å². The molecule has 1 heterocycles. The van der Waals surface area contributed by atoms with Crippen molar-refractivity contribution in [2.24, 2.45) is 4.99 Å². The van der Waals surface area contributed by atoms with Crippen LogP contribution in [-0.2, 0) is 13.0 Å². The lowest BCUT2D eigenvalue weighted by atomic mass is 10.2. The fourth-order valence-corrected chi connectivity index (χ4v) is 2.51. The van der Waals surface area contributed by atoms with Crippen molar-refractivity contribution in [1.82, 2.24) is 15.6 Å². The first-order chi connectivity index (χ1) is 13.1. The van der Waals surface area contributed by atoms with E-state index in [1.807, 2.05) is 6.07 Å². The number of benzene rings is 2. The fourth-order valence-electron chi connectivity index (χ4n) is 2.51. The molecule has 148 valence electrons. The Hall–Kier alpha value is -2.49. The number of aliphatic imine (C=N–C) groups is 1. The fraction of sp³-hybridized carbons (Fsp3) is 0.200. The van der Waals surface area contributed by atoms with E-state index in [1.54, 1.807) is 31.5 Å². The van der Waals surface area contributed by atoms with Crippen molar-refractivity contribution >= 4 is 29.9 Å². The van der Waals surface area contributed by atoms with Gasteiger partial charge in [0.15, 0.2) is 5.96 Å². The summed E-state index contributed by atoms with van der Waals surface area (Å²) in [7, 11) is 1.67. The van der Waals surface area contributed by atoms with Crippen LogP contribution in [0.15, 0.2) is 64.2 Å². The summed E-state index contributed by atoms with van der Waals surface area (Å²) in [6.45, 7) is 1.06. The van der Waals surface area contributed by atoms with E-state index in [2.05, 4.69) is 20.6 Å². The first-order valence-electron chi connectivity index (χ1n) is 8.53. The molecule has 2 aromatic carbocycles. The molecule has 0 amide bonds. The second-order valence-electron chi connectivity index (χ2n) is 5.88. The highest BCUT2D eigenvalue weighted by Crippen LogP contribution is 2.18. The number of halogens is 3. The van der Waals surface area contributed by atoms with E-state index in [-0.39, 0.29) is 35.6 Å². The van der Waals surface area contributed by atoms with Crippen molar-refractivity contribution in [3.05, 3.63) is 77.7 Å². The zero-order valence-corrected chi connectivity index (χ0v) is 17.6. The Morgan fingerprint density at radius 1 is 1.07 bits per heavy atom. The minimum atomic E-state index is -0.299. The lowest BCUT2D eigenvalue weighted by molar-refractivity contribution is 0.571. The van der Waals surface area contributed by atoms with Gasteiger partial charge in [-0.05, 0) is 42.0 Å². The van der Waals surface area contributed by atoms with Crippen LogP contribution in [0.5, 0.6) is 0 Å². The lowest BCUT2D eigenvalue weighted by Crippen LogP contribution is -2.37. The third kappa shape index (κ3) is 6.29. The van der Waals surface area contributed by atoms with E-state index in [0.717, 1.165) is 16.8 Å². The molecule has 0 fully saturated rings. The van der Waals surface area contributed by atoms with Gasteiger partial charge in [-0.15, -0.1) is 24.0 Å². The molecule has 28 heavy (non-hydrogen) atoms. The molecule has 0 radical (unpaired) electrons. The predicted octanol–water partition coefficient (Wildman–Crippen LogP) is 4.15. The molecule has 0 aliphatic carbocycles. The molecule has 2 N–H and O–H groups in total. The number of nitrogens with one attached hydrogen (secondary N) is 2. The van der Waals surface area contributed by atoms with Gasteiger partial charge in [0.05, 0.1) is 5.69 Å². The summed E-state index contributed by atoms with van der Waals surface area (Å²) in [4.78, 5) is 8.54. The third-order valence-corrected chi connectivity index (χ3v) is 3.89. The standard InChI is InChI=1S/C20H20F2N4O.HI/c1-23-20(25-12-14-3-2-4-17(22)11-14)24-10-9-18-13-27-19(26-18)15-5-7-16(21)8-6-15;/h2-8,11,13H,9-10,12H2,1H3,(H2,23,24,25);1H. The molecule has 0 saturated heterocycles. The summed E-state index contributed by atoms with van der Waals surface area (Å²) in [5.74, 6) is 0.507. The molecule has 3 aromatic rings. The van der Waals surface area contributed by atoms with Crippen molar-refractivity contribution in [1.29, 1.82) is 0 Å². The second kappa shape index (κ2) is 10.7. The van der Waals surface area contributed by atoms with Crippen molar-refractivity contribution in [3.8, 4) is 11.5 Å². The van der Waals surface area contributed by atoms with Gasteiger partial charge in [-0.2, -0.15) is 0 Å². The number of nitrogens with zero attached hydrogens (tertiary/aromatic N) is 2. The molecule has 3 rings (SSSR count). The van der Waals surface area contributed by atoms with Gasteiger partial charge in [0.1, 0.15) is 17.9 Å². The Morgan fingerprint density at radius 3 is 2.57 bits per heavy atom. The first-order valence-corrected chi connectivity index (χ1v) is 8.53. The summed E-state index contributed by atoms with van der Waals surface area (Å²) in [5.41, 5.74) is 2.34. The summed E-state index contributed by atoms with van der Waals surface area (Å²) in [6.07, 6.45) is 2.22. The Labute approximate surface area is 179 Å². The van der Waals surface area contributed by atoms with Gasteiger partial charge < -0.3 is 15.1 Å². The normalized spacial score (nSPS) is 11.0. The molecule has 0 spiro atoms. The summed E-state index contributed by atoms with van der Waals surface area (Å²) < 4.78 is 31.6. The van der Waals surface area contributed by atoms with Crippen LogP contribution in [0.1, 0.15) is 11.3 Å². The topological polar surface area (TPSA) is 62.5 Å². The Kier molecular flexibility index (Phi) is 8.37. The Morgan fingerprint density at radius 2 is 1.86 bits per heavy atom. The minimum Gasteiger partial charge on any atom is -0.444 e. The van der Waals surface area contributed by atoms with Crippen LogP contribution < -0.4 is 10.6 Å². The number of oxazole rings is 1. The number of aromatic nitrogens is 1. The Balaban J connectivity index is 0.00000280. The smallest absolute Gasteiger partial charge is 0.226 e. The third-order valence-electron chi connectivity index (χ3n) is 3.89. The highest BCUT2D eigenvalue weighted by Gasteiger charge is 2.07. The number of hydrogen-bond acceptors (Lipinski definition) is 3. The molecule has 8 heteroatoms. The monoisotopic (exact) mass is 498 g/mol. The maximum Gasteiger partial charge on any atom is 0.226 e. The summed E-state index contributed by atoms with van der Waals surface area (Å²) in [5, 5.41) is 6.30. The van der Waals surface area contributed by atoms with Crippen LogP contribution in [-0.4, -0.2) is 24.5 Å². The van der Waals surface area contributed by atoms with Crippen LogP contribution in [0, 0.1) is 11.6 Å². The van der Waals surface area contributed by atoms with Crippen LogP contribution in [0.2, 0.25) is 0 Å². The molecule has 0 saturated carbocycles. The first kappa shape index (κ1) is 21.8. The number of hydrogen-bond donors (Lipinski definition) is 2. The Bertz CT molecular complexity index is 913. The average molecular weight is 498 g/mol. The molecule has 0 bridgehead atoms. The molecule has 0 aliphatic rings. The molecule has 0 aliphatic heterocycles. The SMILES string of the molecule is CN=C(NCCc1coc(-c2ccc(F)cc2)n1)NCc1cccc(F)c1.I. The van der Waals surface area contributed by atoms with Gasteiger partial charge in [0.25, 0.3) is 0 Å². The zero-order valence-electron chi connectivity index (χ0n) is 15.3. The van der Waals surface area contributed by atoms with Crippen LogP contribution in [0.4, 0.5) is 8.78 Å². The van der Waals surface area contributed by atoms with Crippen LogP contribution in [0.3, 0.4) is 0 Å². The molecule has 0 atom stereocenters. The maximum atomic E-state index is 13.2. The maximum absolute atomic E-state index is 13.2. The quantitative estimate of drug-likeness (QED) is 0.305. The van der Waals surface area contributed by atoms with E-state index in [0.29, 0.717) is 31.4 Å². The molecular weight excluding hydrogens is 477 g/mol. The predicted molar refractivity (Wildman–Crippen MR) is 116 cm³/mol. The minimum absolute atomic E-state index is 0. The highest BCUT2D eigenvalue weighted by atomic mass is 127. The lowest BCUT2D eigenvalue weighted by Gasteiger charge is -2.11. The van der Waals surface area contributed by atoms with Crippen molar-refractivity contribution in [2.45, 2.75) is 13.0 Å². The number of guanidine groups is 1. The highest BCUT2D eigenvalue weighted by molar-refractivity contribution is 14.0. The zero-order chi connectivity index (χ0) is 19.1. The van der Waals surface area contributed by atoms with Crippen molar-refractivity contribution in [2.75, 3.05) is 13.6 Å². The van der Waals surface area contributed by atoms with Gasteiger partial charge in [-0.25, -0.2) is 13.8 Å². The second-order valence-corrected chi connectivity index (χ2v) is 5.88.